The van der Waals surface area contributed by atoms with Crippen molar-refractivity contribution >= 4 is 39.2 Å². The SMILES string of the molecule is CCOc1cc(CN2C(=O)c3ccc(N4CCC(N5CCC(C#Cc6ccc(C7CCC(=O)NC7=O)cc6)CC5)CC4)cc3C2=O)ccc1OC.CS(C)(=O)=O. The van der Waals surface area contributed by atoms with Crippen molar-refractivity contribution in [3.63, 3.8) is 0 Å². The van der Waals surface area contributed by atoms with Gasteiger partial charge in [0.15, 0.2) is 11.5 Å². The van der Waals surface area contributed by atoms with Crippen LogP contribution >= 0.6 is 0 Å². The third-order valence-corrected chi connectivity index (χ3v) is 10.7. The first-order valence-corrected chi connectivity index (χ1v) is 21.5. The first-order chi connectivity index (χ1) is 26.8. The quantitative estimate of drug-likeness (QED) is 0.250. The summed E-state index contributed by atoms with van der Waals surface area (Å²) in [4.78, 5) is 56.7. The molecule has 4 heterocycles. The molecule has 1 N–H and O–H groups in total. The van der Waals surface area contributed by atoms with Crippen molar-refractivity contribution in [2.24, 2.45) is 5.92 Å². The molecule has 0 aromatic heterocycles. The standard InChI is InChI=1S/C41H44N4O6.C2H6O2S/c1-3-51-37-24-29(8-14-36(37)50-2)26-45-40(48)34-12-11-32(25-35(34)41(45)49)44-22-18-31(19-23-44)43-20-16-28(17-21-43)5-4-27-6-9-30(10-7-27)33-13-15-38(46)42-39(33)47;1-5(2,3)4/h6-12,14,24-25,28,31,33H,3,13,15-23,26H2,1-2H3,(H,42,46,47);1-2H3. The smallest absolute Gasteiger partial charge is 0.261 e. The zero-order valence-electron chi connectivity index (χ0n) is 32.5. The van der Waals surface area contributed by atoms with Crippen molar-refractivity contribution in [3.05, 3.63) is 88.5 Å². The first kappa shape index (κ1) is 40.5. The van der Waals surface area contributed by atoms with Crippen LogP contribution in [0.15, 0.2) is 60.7 Å². The predicted octanol–water partition coefficient (Wildman–Crippen LogP) is 4.80. The van der Waals surface area contributed by atoms with E-state index in [0.29, 0.717) is 54.0 Å². The van der Waals surface area contributed by atoms with E-state index in [-0.39, 0.29) is 36.1 Å². The summed E-state index contributed by atoms with van der Waals surface area (Å²) < 4.78 is 30.3. The van der Waals surface area contributed by atoms with Gasteiger partial charge in [-0.1, -0.05) is 30.0 Å². The van der Waals surface area contributed by atoms with Gasteiger partial charge in [0.25, 0.3) is 11.8 Å². The van der Waals surface area contributed by atoms with Gasteiger partial charge in [0.05, 0.1) is 37.3 Å². The van der Waals surface area contributed by atoms with E-state index in [0.717, 1.165) is 86.8 Å². The van der Waals surface area contributed by atoms with E-state index >= 15 is 0 Å². The highest BCUT2D eigenvalue weighted by molar-refractivity contribution is 7.89. The third kappa shape index (κ3) is 9.97. The second-order valence-electron chi connectivity index (χ2n) is 14.9. The van der Waals surface area contributed by atoms with Crippen molar-refractivity contribution < 1.29 is 37.1 Å². The molecule has 12 nitrogen and oxygen atoms in total. The summed E-state index contributed by atoms with van der Waals surface area (Å²) >= 11 is 0. The van der Waals surface area contributed by atoms with Crippen LogP contribution in [0.3, 0.4) is 0 Å². The van der Waals surface area contributed by atoms with Gasteiger partial charge in [-0.05, 0) is 106 Å². The molecule has 3 saturated heterocycles. The van der Waals surface area contributed by atoms with Crippen LogP contribution in [0.4, 0.5) is 5.69 Å². The maximum atomic E-state index is 13.5. The Morgan fingerprint density at radius 1 is 0.804 bits per heavy atom. The lowest BCUT2D eigenvalue weighted by atomic mass is 9.90. The van der Waals surface area contributed by atoms with Crippen molar-refractivity contribution in [1.82, 2.24) is 15.1 Å². The Morgan fingerprint density at radius 3 is 2.12 bits per heavy atom. The van der Waals surface area contributed by atoms with E-state index in [9.17, 15) is 27.6 Å². The molecule has 1 atom stereocenters. The minimum Gasteiger partial charge on any atom is -0.493 e. The fraction of sp³-hybridized carbons (Fsp3) is 0.442. The van der Waals surface area contributed by atoms with Gasteiger partial charge in [-0.15, -0.1) is 0 Å². The second kappa shape index (κ2) is 17.7. The largest absolute Gasteiger partial charge is 0.493 e. The highest BCUT2D eigenvalue weighted by Crippen LogP contribution is 2.33. The summed E-state index contributed by atoms with van der Waals surface area (Å²) in [6.07, 6.45) is 7.42. The van der Waals surface area contributed by atoms with E-state index in [1.54, 1.807) is 19.2 Å². The van der Waals surface area contributed by atoms with Crippen LogP contribution in [0.2, 0.25) is 0 Å². The van der Waals surface area contributed by atoms with Crippen LogP contribution in [0.25, 0.3) is 0 Å². The monoisotopic (exact) mass is 782 g/mol. The Bertz CT molecular complexity index is 2120. The van der Waals surface area contributed by atoms with Crippen LogP contribution in [0, 0.1) is 17.8 Å². The fourth-order valence-corrected chi connectivity index (χ4v) is 7.78. The Balaban J connectivity index is 0.00000100. The van der Waals surface area contributed by atoms with Crippen molar-refractivity contribution in [2.75, 3.05) is 57.3 Å². The Morgan fingerprint density at radius 2 is 1.48 bits per heavy atom. The number of nitrogens with one attached hydrogen (secondary N) is 1. The number of imide groups is 2. The molecule has 56 heavy (non-hydrogen) atoms. The summed E-state index contributed by atoms with van der Waals surface area (Å²) in [7, 11) is -1.08. The number of rotatable bonds is 8. The van der Waals surface area contributed by atoms with E-state index < -0.39 is 9.84 Å². The number of anilines is 1. The van der Waals surface area contributed by atoms with Gasteiger partial charge in [-0.25, -0.2) is 8.42 Å². The lowest BCUT2D eigenvalue weighted by Crippen LogP contribution is -2.47. The Labute approximate surface area is 329 Å². The van der Waals surface area contributed by atoms with Gasteiger partial charge in [0.2, 0.25) is 11.8 Å². The lowest BCUT2D eigenvalue weighted by molar-refractivity contribution is -0.134. The molecular weight excluding hydrogens is 733 g/mol. The molecule has 0 aliphatic carbocycles. The molecule has 0 saturated carbocycles. The van der Waals surface area contributed by atoms with Crippen LogP contribution in [-0.4, -0.2) is 100 Å². The van der Waals surface area contributed by atoms with Crippen LogP contribution < -0.4 is 19.7 Å². The normalized spacial score (nSPS) is 19.4. The van der Waals surface area contributed by atoms with Crippen molar-refractivity contribution in [3.8, 4) is 23.3 Å². The second-order valence-corrected chi connectivity index (χ2v) is 17.2. The van der Waals surface area contributed by atoms with Crippen LogP contribution in [-0.2, 0) is 26.0 Å². The molecule has 296 valence electrons. The number of piperidine rings is 3. The molecule has 4 aliphatic rings. The van der Waals surface area contributed by atoms with E-state index in [2.05, 4.69) is 27.0 Å². The number of likely N-dealkylation sites (tertiary alicyclic amines) is 1. The first-order valence-electron chi connectivity index (χ1n) is 19.2. The Hall–Kier alpha value is -5.19. The number of hydrogen-bond acceptors (Lipinski definition) is 10. The fourth-order valence-electron chi connectivity index (χ4n) is 7.78. The maximum absolute atomic E-state index is 13.5. The molecule has 7 rings (SSSR count). The topological polar surface area (TPSA) is 143 Å². The molecule has 0 spiro atoms. The molecule has 13 heteroatoms. The molecule has 0 bridgehead atoms. The third-order valence-electron chi connectivity index (χ3n) is 10.7. The number of carbonyl (C=O) groups excluding carboxylic acids is 4. The number of hydrogen-bond donors (Lipinski definition) is 1. The molecule has 0 radical (unpaired) electrons. The van der Waals surface area contributed by atoms with E-state index in [4.69, 9.17) is 9.47 Å². The summed E-state index contributed by atoms with van der Waals surface area (Å²) in [5, 5.41) is 2.43. The molecule has 1 unspecified atom stereocenters. The number of methoxy groups -OCH3 is 1. The highest BCUT2D eigenvalue weighted by Gasteiger charge is 2.37. The average Bonchev–Trinajstić information content (AvgIpc) is 3.41. The molecule has 4 amide bonds. The maximum Gasteiger partial charge on any atom is 0.261 e. The highest BCUT2D eigenvalue weighted by atomic mass is 32.2. The van der Waals surface area contributed by atoms with Gasteiger partial charge in [-0.3, -0.25) is 29.4 Å². The van der Waals surface area contributed by atoms with Gasteiger partial charge in [0, 0.05) is 55.2 Å². The van der Waals surface area contributed by atoms with Gasteiger partial charge in [0.1, 0.15) is 9.84 Å². The van der Waals surface area contributed by atoms with E-state index in [1.165, 1.54) is 4.90 Å². The predicted molar refractivity (Wildman–Crippen MR) is 214 cm³/mol. The zero-order chi connectivity index (χ0) is 40.0. The summed E-state index contributed by atoms with van der Waals surface area (Å²) in [6.45, 7) is 6.41. The summed E-state index contributed by atoms with van der Waals surface area (Å²) in [6, 6.07) is 19.5. The van der Waals surface area contributed by atoms with Gasteiger partial charge < -0.3 is 19.3 Å². The van der Waals surface area contributed by atoms with Crippen molar-refractivity contribution in [1.29, 1.82) is 0 Å². The molecule has 3 aromatic carbocycles. The number of carbonyl (C=O) groups is 4. The Kier molecular flexibility index (Phi) is 12.8. The number of nitrogens with zero attached hydrogens (tertiary/aromatic N) is 3. The minimum atomic E-state index is -2.67. The number of sulfone groups is 1. The molecule has 3 aromatic rings. The van der Waals surface area contributed by atoms with E-state index in [1.807, 2.05) is 55.5 Å². The van der Waals surface area contributed by atoms with Gasteiger partial charge >= 0.3 is 0 Å². The number of fused-ring (bicyclic) bond motifs is 1. The van der Waals surface area contributed by atoms with Crippen molar-refractivity contribution in [2.45, 2.75) is 64.0 Å². The van der Waals surface area contributed by atoms with Crippen LogP contribution in [0.1, 0.15) is 88.8 Å². The minimum absolute atomic E-state index is 0.166. The zero-order valence-corrected chi connectivity index (χ0v) is 33.3. The lowest BCUT2D eigenvalue weighted by Gasteiger charge is -2.42. The number of benzene rings is 3. The summed E-state index contributed by atoms with van der Waals surface area (Å²) in [5.74, 6) is 7.15. The molecule has 4 aliphatic heterocycles. The number of ether oxygens (including phenoxy) is 2. The van der Waals surface area contributed by atoms with Gasteiger partial charge in [-0.2, -0.15) is 0 Å². The average molecular weight is 783 g/mol. The molecular formula is C43H50N4O8S. The summed E-state index contributed by atoms with van der Waals surface area (Å²) in [5.41, 5.74) is 4.57. The molecule has 3 fully saturated rings. The number of amides is 4. The van der Waals surface area contributed by atoms with Crippen LogP contribution in [0.5, 0.6) is 11.5 Å².